The molecule has 0 bridgehead atoms. The van der Waals surface area contributed by atoms with E-state index in [9.17, 15) is 8.78 Å². The van der Waals surface area contributed by atoms with Crippen molar-refractivity contribution in [2.45, 2.75) is 32.4 Å². The predicted octanol–water partition coefficient (Wildman–Crippen LogP) is 2.88. The number of nitrogens with one attached hydrogen (secondary N) is 1. The average molecular weight is 273 g/mol. The van der Waals surface area contributed by atoms with Crippen LogP contribution in [-0.2, 0) is 11.3 Å². The lowest BCUT2D eigenvalue weighted by molar-refractivity contribution is 0.00478. The molecule has 1 aromatic carbocycles. The molecule has 0 atom stereocenters. The van der Waals surface area contributed by atoms with Gasteiger partial charge in [-0.1, -0.05) is 0 Å². The maximum atomic E-state index is 13.7. The molecule has 0 aliphatic carbocycles. The van der Waals surface area contributed by atoms with Crippen LogP contribution < -0.4 is 10.1 Å². The Balaban J connectivity index is 2.69. The predicted molar refractivity (Wildman–Crippen MR) is 70.3 cm³/mol. The molecule has 0 saturated carbocycles. The summed E-state index contributed by atoms with van der Waals surface area (Å²) in [7, 11) is 3.31. The molecule has 0 fully saturated rings. The topological polar surface area (TPSA) is 30.5 Å². The van der Waals surface area contributed by atoms with Gasteiger partial charge in [0.15, 0.2) is 17.4 Å². The molecule has 0 spiro atoms. The second kappa shape index (κ2) is 6.82. The zero-order valence-electron chi connectivity index (χ0n) is 11.8. The van der Waals surface area contributed by atoms with Gasteiger partial charge < -0.3 is 14.8 Å². The zero-order chi connectivity index (χ0) is 14.5. The Kier molecular flexibility index (Phi) is 5.69. The van der Waals surface area contributed by atoms with E-state index in [0.29, 0.717) is 18.5 Å². The summed E-state index contributed by atoms with van der Waals surface area (Å²) < 4.78 is 37.8. The highest BCUT2D eigenvalue weighted by molar-refractivity contribution is 5.31. The van der Waals surface area contributed by atoms with E-state index in [-0.39, 0.29) is 18.0 Å². The van der Waals surface area contributed by atoms with Gasteiger partial charge in [0.1, 0.15) is 0 Å². The van der Waals surface area contributed by atoms with E-state index in [1.807, 2.05) is 13.8 Å². The van der Waals surface area contributed by atoms with E-state index in [1.54, 1.807) is 14.2 Å². The molecule has 19 heavy (non-hydrogen) atoms. The highest BCUT2D eigenvalue weighted by atomic mass is 19.1. The summed E-state index contributed by atoms with van der Waals surface area (Å²) in [6.07, 6.45) is 0.542. The number of ether oxygens (including phenoxy) is 2. The fourth-order valence-electron chi connectivity index (χ4n) is 1.56. The molecule has 3 nitrogen and oxygen atoms in total. The van der Waals surface area contributed by atoms with Gasteiger partial charge in [-0.25, -0.2) is 8.78 Å². The van der Waals surface area contributed by atoms with Gasteiger partial charge in [-0.05, 0) is 38.6 Å². The number of halogens is 2. The van der Waals surface area contributed by atoms with Crippen LogP contribution in [0.2, 0.25) is 0 Å². The third-order valence-corrected chi connectivity index (χ3v) is 2.94. The maximum absolute atomic E-state index is 13.7. The minimum atomic E-state index is -0.680. The molecule has 1 N–H and O–H groups in total. The van der Waals surface area contributed by atoms with Gasteiger partial charge in [0.05, 0.1) is 12.2 Å². The second-order valence-corrected chi connectivity index (χ2v) is 4.98. The molecule has 108 valence electrons. The molecule has 0 aliphatic rings. The molecule has 1 rings (SSSR count). The normalized spacial score (nSPS) is 11.7. The van der Waals surface area contributed by atoms with Crippen molar-refractivity contribution in [2.75, 3.05) is 20.8 Å². The first-order chi connectivity index (χ1) is 8.89. The average Bonchev–Trinajstić information content (AvgIpc) is 2.33. The lowest BCUT2D eigenvalue weighted by Crippen LogP contribution is -2.25. The van der Waals surface area contributed by atoms with Gasteiger partial charge >= 0.3 is 0 Å². The first-order valence-electron chi connectivity index (χ1n) is 6.20. The fourth-order valence-corrected chi connectivity index (χ4v) is 1.56. The van der Waals surface area contributed by atoms with E-state index < -0.39 is 11.6 Å². The standard InChI is InChI=1S/C14H21F2NO2/c1-14(2,18-4)5-6-19-13-11(15)7-10(9-17-3)8-12(13)16/h7-8,17H,5-6,9H2,1-4H3. The summed E-state index contributed by atoms with van der Waals surface area (Å²) in [5, 5.41) is 2.84. The molecule has 0 amide bonds. The summed E-state index contributed by atoms with van der Waals surface area (Å²) >= 11 is 0. The second-order valence-electron chi connectivity index (χ2n) is 4.98. The van der Waals surface area contributed by atoms with Gasteiger partial charge in [-0.3, -0.25) is 0 Å². The lowest BCUT2D eigenvalue weighted by Gasteiger charge is -2.22. The van der Waals surface area contributed by atoms with Crippen molar-refractivity contribution in [1.82, 2.24) is 5.32 Å². The van der Waals surface area contributed by atoms with E-state index in [4.69, 9.17) is 9.47 Å². The number of hydrogen-bond acceptors (Lipinski definition) is 3. The van der Waals surface area contributed by atoms with Gasteiger partial charge in [0.25, 0.3) is 0 Å². The van der Waals surface area contributed by atoms with Crippen molar-refractivity contribution in [1.29, 1.82) is 0 Å². The van der Waals surface area contributed by atoms with Crippen molar-refractivity contribution >= 4 is 0 Å². The Morgan fingerprint density at radius 3 is 2.26 bits per heavy atom. The van der Waals surface area contributed by atoms with Crippen LogP contribution in [0.5, 0.6) is 5.75 Å². The number of benzene rings is 1. The molecular formula is C14H21F2NO2. The van der Waals surface area contributed by atoms with Crippen LogP contribution in [0.15, 0.2) is 12.1 Å². The Labute approximate surface area is 112 Å². The number of methoxy groups -OCH3 is 1. The van der Waals surface area contributed by atoms with Crippen LogP contribution in [0.4, 0.5) is 8.78 Å². The highest BCUT2D eigenvalue weighted by Crippen LogP contribution is 2.24. The van der Waals surface area contributed by atoms with Crippen LogP contribution in [0.25, 0.3) is 0 Å². The van der Waals surface area contributed by atoms with Crippen molar-refractivity contribution in [3.8, 4) is 5.75 Å². The Morgan fingerprint density at radius 1 is 1.21 bits per heavy atom. The van der Waals surface area contributed by atoms with Crippen molar-refractivity contribution in [2.24, 2.45) is 0 Å². The molecule has 0 heterocycles. The molecule has 0 aromatic heterocycles. The first kappa shape index (κ1) is 15.9. The minimum absolute atomic E-state index is 0.194. The highest BCUT2D eigenvalue weighted by Gasteiger charge is 2.18. The van der Waals surface area contributed by atoms with E-state index in [0.717, 1.165) is 0 Å². The van der Waals surface area contributed by atoms with Crippen molar-refractivity contribution in [3.63, 3.8) is 0 Å². The van der Waals surface area contributed by atoms with Crippen LogP contribution in [0.3, 0.4) is 0 Å². The molecule has 5 heteroatoms. The third-order valence-electron chi connectivity index (χ3n) is 2.94. The van der Waals surface area contributed by atoms with Crippen LogP contribution in [-0.4, -0.2) is 26.4 Å². The quantitative estimate of drug-likeness (QED) is 0.828. The minimum Gasteiger partial charge on any atom is -0.487 e. The summed E-state index contributed by atoms with van der Waals surface area (Å²) in [5.41, 5.74) is 0.168. The summed E-state index contributed by atoms with van der Waals surface area (Å²) in [5.74, 6) is -1.69. The van der Waals surface area contributed by atoms with E-state index >= 15 is 0 Å². The molecule has 0 aliphatic heterocycles. The van der Waals surface area contributed by atoms with Crippen molar-refractivity contribution < 1.29 is 18.3 Å². The summed E-state index contributed by atoms with van der Waals surface area (Å²) in [4.78, 5) is 0. The Hall–Kier alpha value is -1.20. The van der Waals surface area contributed by atoms with Gasteiger partial charge in [0.2, 0.25) is 0 Å². The van der Waals surface area contributed by atoms with Gasteiger partial charge in [-0.2, -0.15) is 0 Å². The van der Waals surface area contributed by atoms with E-state index in [1.165, 1.54) is 12.1 Å². The van der Waals surface area contributed by atoms with Gasteiger partial charge in [-0.15, -0.1) is 0 Å². The third kappa shape index (κ3) is 4.76. The Bertz CT molecular complexity index is 399. The summed E-state index contributed by atoms with van der Waals surface area (Å²) in [6.45, 7) is 4.38. The van der Waals surface area contributed by atoms with Gasteiger partial charge in [0, 0.05) is 20.1 Å². The lowest BCUT2D eigenvalue weighted by atomic mass is 10.1. The molecule has 1 aromatic rings. The Morgan fingerprint density at radius 2 is 1.79 bits per heavy atom. The SMILES string of the molecule is CNCc1cc(F)c(OCCC(C)(C)OC)c(F)c1. The van der Waals surface area contributed by atoms with E-state index in [2.05, 4.69) is 5.32 Å². The molecular weight excluding hydrogens is 252 g/mol. The van der Waals surface area contributed by atoms with Crippen LogP contribution >= 0.6 is 0 Å². The van der Waals surface area contributed by atoms with Crippen LogP contribution in [0, 0.1) is 11.6 Å². The fraction of sp³-hybridized carbons (Fsp3) is 0.571. The molecule has 0 unspecified atom stereocenters. The van der Waals surface area contributed by atoms with Crippen LogP contribution in [0.1, 0.15) is 25.8 Å². The molecule has 0 radical (unpaired) electrons. The zero-order valence-corrected chi connectivity index (χ0v) is 11.8. The monoisotopic (exact) mass is 273 g/mol. The first-order valence-corrected chi connectivity index (χ1v) is 6.20. The number of hydrogen-bond donors (Lipinski definition) is 1. The number of rotatable bonds is 7. The maximum Gasteiger partial charge on any atom is 0.190 e. The summed E-state index contributed by atoms with van der Waals surface area (Å²) in [6, 6.07) is 2.55. The smallest absolute Gasteiger partial charge is 0.190 e. The van der Waals surface area contributed by atoms with Crippen molar-refractivity contribution in [3.05, 3.63) is 29.3 Å². The largest absolute Gasteiger partial charge is 0.487 e. The molecule has 0 saturated heterocycles.